The number of nitrogens with zero attached hydrogens (tertiary/aromatic N) is 2. The molecule has 0 aliphatic rings. The zero-order valence-corrected chi connectivity index (χ0v) is 30.1. The molecule has 7 heteroatoms. The van der Waals surface area contributed by atoms with Crippen molar-refractivity contribution in [2.24, 2.45) is 0 Å². The number of rotatable bonds is 5. The van der Waals surface area contributed by atoms with Crippen LogP contribution in [0.2, 0.25) is 19.6 Å². The number of benzene rings is 4. The van der Waals surface area contributed by atoms with Crippen LogP contribution in [-0.2, 0) is 20.1 Å². The van der Waals surface area contributed by atoms with E-state index in [9.17, 15) is 8.78 Å². The SMILES string of the molecule is C[Si](C)(C)c1ccc(-c2[c-]cccc2)nc1.[2H]C(F)(F)c1ccnc(-c2[c-]ccc3c2sc2c(C)cc(-c4ccccc4)cc23)c1.[Ir]. The van der Waals surface area contributed by atoms with E-state index >= 15 is 0 Å². The molecule has 0 aliphatic carbocycles. The molecule has 3 aromatic heterocycles. The molecule has 4 aromatic carbocycles. The van der Waals surface area contributed by atoms with E-state index in [1.54, 1.807) is 11.3 Å². The van der Waals surface area contributed by atoms with E-state index in [-0.39, 0.29) is 25.7 Å². The minimum atomic E-state index is -3.66. The fourth-order valence-electron chi connectivity index (χ4n) is 5.24. The fraction of sp³-hybridized carbons (Fsp3) is 0.128. The molecule has 2 nitrogen and oxygen atoms in total. The van der Waals surface area contributed by atoms with Crippen molar-refractivity contribution in [2.75, 3.05) is 0 Å². The first-order valence-electron chi connectivity index (χ1n) is 15.2. The van der Waals surface area contributed by atoms with Crippen molar-refractivity contribution in [1.82, 2.24) is 9.97 Å². The monoisotopic (exact) mass is 820 g/mol. The normalized spacial score (nSPS) is 11.8. The van der Waals surface area contributed by atoms with Gasteiger partial charge in [-0.15, -0.1) is 59.7 Å². The predicted molar refractivity (Wildman–Crippen MR) is 188 cm³/mol. The molecule has 46 heavy (non-hydrogen) atoms. The second kappa shape index (κ2) is 14.3. The van der Waals surface area contributed by atoms with Gasteiger partial charge >= 0.3 is 0 Å². The number of alkyl halides is 2. The van der Waals surface area contributed by atoms with Crippen LogP contribution in [0.1, 0.15) is 18.9 Å². The largest absolute Gasteiger partial charge is 0.305 e. The van der Waals surface area contributed by atoms with E-state index < -0.39 is 14.5 Å². The van der Waals surface area contributed by atoms with Gasteiger partial charge in [-0.25, -0.2) is 8.78 Å². The van der Waals surface area contributed by atoms with Gasteiger partial charge in [-0.2, -0.15) is 11.3 Å². The van der Waals surface area contributed by atoms with Gasteiger partial charge < -0.3 is 9.97 Å². The maximum atomic E-state index is 13.5. The van der Waals surface area contributed by atoms with Crippen molar-refractivity contribution < 1.29 is 30.3 Å². The molecular formula is C39H32F2IrN2SSi-2. The zero-order valence-electron chi connectivity index (χ0n) is 26.9. The van der Waals surface area contributed by atoms with Gasteiger partial charge in [0.15, 0.2) is 0 Å². The second-order valence-electron chi connectivity index (χ2n) is 11.9. The molecule has 0 saturated heterocycles. The molecule has 0 spiro atoms. The Kier molecular flexibility index (Phi) is 9.95. The summed E-state index contributed by atoms with van der Waals surface area (Å²) in [5, 5.41) is 3.58. The maximum Gasteiger partial charge on any atom is 0.263 e. The molecule has 0 aliphatic heterocycles. The molecule has 3 heterocycles. The third-order valence-corrected chi connectivity index (χ3v) is 11.1. The number of pyridine rings is 2. The molecule has 0 bridgehead atoms. The van der Waals surface area contributed by atoms with Gasteiger partial charge in [0.2, 0.25) is 0 Å². The number of thiophene rings is 1. The molecule has 1 radical (unpaired) electrons. The standard InChI is InChI=1S/C25H16F2NS.C14H16NSi.Ir/c1-15-12-18(16-6-3-2-4-7-16)13-21-19-8-5-9-20(24(19)29-23(15)21)22-14-17(25(26)27)10-11-28-22;1-16(2,3)13-9-10-14(15-11-13)12-7-5-4-6-8-12;/h2-8,10-14,25H,1H3;4-7,9-11H,1-3H3;/q2*-1;/i25D;;. The van der Waals surface area contributed by atoms with Gasteiger partial charge in [0.05, 0.1) is 8.07 Å². The van der Waals surface area contributed by atoms with Crippen molar-refractivity contribution in [3.63, 3.8) is 0 Å². The summed E-state index contributed by atoms with van der Waals surface area (Å²) in [6, 6.07) is 39.5. The topological polar surface area (TPSA) is 25.8 Å². The molecule has 7 rings (SSSR count). The molecule has 0 N–H and O–H groups in total. The first-order valence-corrected chi connectivity index (χ1v) is 19.0. The zero-order chi connectivity index (χ0) is 32.5. The van der Waals surface area contributed by atoms with Crippen LogP contribution in [0.25, 0.3) is 53.8 Å². The third kappa shape index (κ3) is 7.24. The van der Waals surface area contributed by atoms with Gasteiger partial charge in [0.1, 0.15) is 1.37 Å². The summed E-state index contributed by atoms with van der Waals surface area (Å²) in [6.07, 6.45) is -0.318. The Morgan fingerprint density at radius 3 is 2.22 bits per heavy atom. The van der Waals surface area contributed by atoms with Crippen molar-refractivity contribution in [2.45, 2.75) is 33.0 Å². The average molecular weight is 820 g/mol. The van der Waals surface area contributed by atoms with E-state index in [2.05, 4.69) is 85.1 Å². The average Bonchev–Trinajstić information content (AvgIpc) is 3.45. The number of aromatic nitrogens is 2. The quantitative estimate of drug-likeness (QED) is 0.128. The number of fused-ring (bicyclic) bond motifs is 3. The minimum absolute atomic E-state index is 0. The van der Waals surface area contributed by atoms with E-state index in [1.165, 1.54) is 23.5 Å². The van der Waals surface area contributed by atoms with E-state index in [0.29, 0.717) is 11.3 Å². The van der Waals surface area contributed by atoms with Crippen LogP contribution in [0.4, 0.5) is 8.78 Å². The van der Waals surface area contributed by atoms with Crippen molar-refractivity contribution >= 4 is 44.8 Å². The smallest absolute Gasteiger partial charge is 0.263 e. The molecule has 7 aromatic rings. The van der Waals surface area contributed by atoms with E-state index in [1.807, 2.05) is 60.8 Å². The van der Waals surface area contributed by atoms with Gasteiger partial charge in [-0.1, -0.05) is 79.6 Å². The first kappa shape index (κ1) is 32.1. The number of halogens is 2. The van der Waals surface area contributed by atoms with Crippen molar-refractivity contribution in [3.8, 4) is 33.6 Å². The Balaban J connectivity index is 0.000000217. The summed E-state index contributed by atoms with van der Waals surface area (Å²) < 4.78 is 36.2. The van der Waals surface area contributed by atoms with Crippen molar-refractivity contribution in [3.05, 3.63) is 139 Å². The van der Waals surface area contributed by atoms with Crippen LogP contribution in [0.5, 0.6) is 0 Å². The summed E-state index contributed by atoms with van der Waals surface area (Å²) in [5.74, 6) is 0. The molecular weight excluding hydrogens is 787 g/mol. The number of aryl methyl sites for hydroxylation is 1. The first-order chi connectivity index (χ1) is 22.0. The van der Waals surface area contributed by atoms with Crippen LogP contribution in [0, 0.1) is 19.1 Å². The molecule has 0 amide bonds. The molecule has 233 valence electrons. The van der Waals surface area contributed by atoms with Crippen LogP contribution in [0.15, 0.2) is 116 Å². The summed E-state index contributed by atoms with van der Waals surface area (Å²) in [5.41, 5.74) is 6.23. The van der Waals surface area contributed by atoms with Gasteiger partial charge in [-0.3, -0.25) is 0 Å². The fourth-order valence-corrected chi connectivity index (χ4v) is 7.53. The number of hydrogen-bond acceptors (Lipinski definition) is 3. The third-order valence-electron chi connectivity index (χ3n) is 7.67. The predicted octanol–water partition coefficient (Wildman–Crippen LogP) is 10.9. The molecule has 0 fully saturated rings. The Morgan fingerprint density at radius 1 is 0.761 bits per heavy atom. The van der Waals surface area contributed by atoms with Gasteiger partial charge in [-0.05, 0) is 62.4 Å². The van der Waals surface area contributed by atoms with Crippen molar-refractivity contribution in [1.29, 1.82) is 0 Å². The Morgan fingerprint density at radius 2 is 1.54 bits per heavy atom. The van der Waals surface area contributed by atoms with E-state index in [0.717, 1.165) is 48.1 Å². The Labute approximate surface area is 289 Å². The van der Waals surface area contributed by atoms with Gasteiger partial charge in [0.25, 0.3) is 6.40 Å². The number of hydrogen-bond donors (Lipinski definition) is 0. The maximum absolute atomic E-state index is 13.5. The molecule has 0 saturated carbocycles. The minimum Gasteiger partial charge on any atom is -0.305 e. The summed E-state index contributed by atoms with van der Waals surface area (Å²) in [6.45, 7) is 9.09. The Hall–Kier alpha value is -3.87. The summed E-state index contributed by atoms with van der Waals surface area (Å²) in [4.78, 5) is 8.81. The molecule has 0 atom stereocenters. The van der Waals surface area contributed by atoms with Crippen LogP contribution in [-0.4, -0.2) is 18.0 Å². The molecule has 0 unspecified atom stereocenters. The van der Waals surface area contributed by atoms with Gasteiger partial charge in [0, 0.05) is 42.8 Å². The summed E-state index contributed by atoms with van der Waals surface area (Å²) >= 11 is 1.62. The summed E-state index contributed by atoms with van der Waals surface area (Å²) in [7, 11) is -1.23. The Bertz CT molecular complexity index is 2130. The van der Waals surface area contributed by atoms with Crippen LogP contribution >= 0.6 is 11.3 Å². The van der Waals surface area contributed by atoms with Crippen LogP contribution < -0.4 is 5.19 Å². The second-order valence-corrected chi connectivity index (χ2v) is 18.0. The van der Waals surface area contributed by atoms with Crippen LogP contribution in [0.3, 0.4) is 0 Å². The van der Waals surface area contributed by atoms with E-state index in [4.69, 9.17) is 1.37 Å².